The fourth-order valence-electron chi connectivity index (χ4n) is 4.60. The molecule has 3 aliphatic rings. The zero-order valence-corrected chi connectivity index (χ0v) is 18.1. The maximum atomic E-state index is 13.4. The third-order valence-electron chi connectivity index (χ3n) is 6.19. The molecule has 0 N–H and O–H groups in total. The highest BCUT2D eigenvalue weighted by Gasteiger charge is 2.37. The number of hydrogen-bond acceptors (Lipinski definition) is 5. The summed E-state index contributed by atoms with van der Waals surface area (Å²) in [5.74, 6) is 1.48. The molecule has 31 heavy (non-hydrogen) atoms. The number of rotatable bonds is 4. The molecule has 2 saturated heterocycles. The van der Waals surface area contributed by atoms with Gasteiger partial charge >= 0.3 is 0 Å². The van der Waals surface area contributed by atoms with Gasteiger partial charge in [0, 0.05) is 31.6 Å². The number of amides is 1. The van der Waals surface area contributed by atoms with E-state index in [0.717, 1.165) is 36.9 Å². The Morgan fingerprint density at radius 2 is 1.65 bits per heavy atom. The summed E-state index contributed by atoms with van der Waals surface area (Å²) in [6, 6.07) is 12.2. The summed E-state index contributed by atoms with van der Waals surface area (Å²) >= 11 is 0. The summed E-state index contributed by atoms with van der Waals surface area (Å²) in [6.45, 7) is 2.38. The highest BCUT2D eigenvalue weighted by Crippen LogP contribution is 2.40. The van der Waals surface area contributed by atoms with Gasteiger partial charge in [0.15, 0.2) is 11.5 Å². The molecule has 2 aromatic rings. The highest BCUT2D eigenvalue weighted by atomic mass is 32.2. The Bertz CT molecular complexity index is 1080. The molecule has 0 unspecified atom stereocenters. The van der Waals surface area contributed by atoms with Gasteiger partial charge in [0.2, 0.25) is 15.9 Å². The van der Waals surface area contributed by atoms with Crippen molar-refractivity contribution in [2.24, 2.45) is 0 Å². The van der Waals surface area contributed by atoms with Crippen LogP contribution in [0.1, 0.15) is 43.7 Å². The predicted molar refractivity (Wildman–Crippen MR) is 116 cm³/mol. The van der Waals surface area contributed by atoms with Crippen molar-refractivity contribution in [3.05, 3.63) is 48.0 Å². The van der Waals surface area contributed by atoms with Gasteiger partial charge in [0.25, 0.3) is 0 Å². The molecular weight excluding hydrogens is 416 g/mol. The number of fused-ring (bicyclic) bond motifs is 1. The SMILES string of the molecule is O=C1CCCN1c1ccc(S(=O)(=O)N2CCC[C@@H]2c2ccc3c(c2)OCCCO3)cc1. The van der Waals surface area contributed by atoms with Crippen molar-refractivity contribution >= 4 is 21.6 Å². The first-order valence-corrected chi connectivity index (χ1v) is 12.3. The fraction of sp³-hybridized carbons (Fsp3) is 0.435. The van der Waals surface area contributed by atoms with Gasteiger partial charge in [-0.05, 0) is 61.2 Å². The largest absolute Gasteiger partial charge is 0.490 e. The predicted octanol–water partition coefficient (Wildman–Crippen LogP) is 3.50. The molecule has 0 bridgehead atoms. The average molecular weight is 443 g/mol. The molecule has 2 fully saturated rings. The fourth-order valence-corrected chi connectivity index (χ4v) is 6.29. The van der Waals surface area contributed by atoms with E-state index < -0.39 is 10.0 Å². The Balaban J connectivity index is 1.41. The molecule has 3 heterocycles. The van der Waals surface area contributed by atoms with Crippen LogP contribution in [-0.4, -0.2) is 44.9 Å². The lowest BCUT2D eigenvalue weighted by Crippen LogP contribution is -2.31. The minimum absolute atomic E-state index is 0.0876. The Hall–Kier alpha value is -2.58. The average Bonchev–Trinajstić information content (AvgIpc) is 3.38. The van der Waals surface area contributed by atoms with E-state index in [1.165, 1.54) is 0 Å². The normalized spacial score (nSPS) is 22.0. The Labute approximate surface area is 182 Å². The summed E-state index contributed by atoms with van der Waals surface area (Å²) in [5, 5.41) is 0. The summed E-state index contributed by atoms with van der Waals surface area (Å²) in [7, 11) is -3.66. The van der Waals surface area contributed by atoms with Crippen LogP contribution in [0.15, 0.2) is 47.4 Å². The molecule has 0 aromatic heterocycles. The van der Waals surface area contributed by atoms with Crippen LogP contribution in [0.2, 0.25) is 0 Å². The van der Waals surface area contributed by atoms with Crippen LogP contribution in [0.5, 0.6) is 11.5 Å². The van der Waals surface area contributed by atoms with Gasteiger partial charge in [0.05, 0.1) is 24.2 Å². The Kier molecular flexibility index (Phi) is 5.35. The lowest BCUT2D eigenvalue weighted by molar-refractivity contribution is -0.117. The lowest BCUT2D eigenvalue weighted by atomic mass is 10.0. The minimum atomic E-state index is -3.66. The van der Waals surface area contributed by atoms with Crippen molar-refractivity contribution in [3.63, 3.8) is 0 Å². The quantitative estimate of drug-likeness (QED) is 0.724. The van der Waals surface area contributed by atoms with Crippen LogP contribution in [0.25, 0.3) is 0 Å². The molecule has 0 saturated carbocycles. The van der Waals surface area contributed by atoms with Crippen molar-refractivity contribution in [1.82, 2.24) is 4.31 Å². The van der Waals surface area contributed by atoms with E-state index in [1.54, 1.807) is 33.5 Å². The number of carbonyl (C=O) groups excluding carboxylic acids is 1. The molecule has 164 valence electrons. The van der Waals surface area contributed by atoms with E-state index in [4.69, 9.17) is 9.47 Å². The molecule has 0 spiro atoms. The lowest BCUT2D eigenvalue weighted by Gasteiger charge is -2.25. The number of benzene rings is 2. The topological polar surface area (TPSA) is 76.2 Å². The van der Waals surface area contributed by atoms with Gasteiger partial charge in [0.1, 0.15) is 0 Å². The molecule has 7 nitrogen and oxygen atoms in total. The van der Waals surface area contributed by atoms with Crippen LogP contribution in [0, 0.1) is 0 Å². The van der Waals surface area contributed by atoms with Gasteiger partial charge in [-0.25, -0.2) is 8.42 Å². The first kappa shape index (κ1) is 20.3. The maximum Gasteiger partial charge on any atom is 0.243 e. The van der Waals surface area contributed by atoms with E-state index in [9.17, 15) is 13.2 Å². The number of hydrogen-bond donors (Lipinski definition) is 0. The van der Waals surface area contributed by atoms with E-state index in [1.807, 2.05) is 18.2 Å². The summed E-state index contributed by atoms with van der Waals surface area (Å²) < 4.78 is 40.0. The van der Waals surface area contributed by atoms with Crippen molar-refractivity contribution in [2.75, 3.05) is 31.2 Å². The first-order chi connectivity index (χ1) is 15.0. The second-order valence-corrected chi connectivity index (χ2v) is 10.1. The molecule has 0 radical (unpaired) electrons. The summed E-state index contributed by atoms with van der Waals surface area (Å²) in [4.78, 5) is 13.9. The number of nitrogens with zero attached hydrogens (tertiary/aromatic N) is 2. The van der Waals surface area contributed by atoms with E-state index >= 15 is 0 Å². The Morgan fingerprint density at radius 3 is 2.39 bits per heavy atom. The zero-order valence-electron chi connectivity index (χ0n) is 17.3. The third kappa shape index (κ3) is 3.78. The standard InChI is InChI=1S/C23H26N2O5S/c26-23-5-2-12-24(23)18-7-9-19(10-8-18)31(27,28)25-13-1-4-20(25)17-6-11-21-22(16-17)30-15-3-14-29-21/h6-11,16,20H,1-5,12-15H2/t20-/m1/s1. The molecule has 0 aliphatic carbocycles. The number of anilines is 1. The highest BCUT2D eigenvalue weighted by molar-refractivity contribution is 7.89. The van der Waals surface area contributed by atoms with Crippen LogP contribution >= 0.6 is 0 Å². The van der Waals surface area contributed by atoms with Crippen LogP contribution in [-0.2, 0) is 14.8 Å². The molecule has 1 atom stereocenters. The number of ether oxygens (including phenoxy) is 2. The van der Waals surface area contributed by atoms with Crippen LogP contribution < -0.4 is 14.4 Å². The van der Waals surface area contributed by atoms with E-state index in [2.05, 4.69) is 0 Å². The van der Waals surface area contributed by atoms with Crippen molar-refractivity contribution in [3.8, 4) is 11.5 Å². The Morgan fingerprint density at radius 1 is 0.871 bits per heavy atom. The van der Waals surface area contributed by atoms with Crippen LogP contribution in [0.4, 0.5) is 5.69 Å². The molecule has 2 aromatic carbocycles. The second kappa shape index (κ2) is 8.16. The van der Waals surface area contributed by atoms with Gasteiger partial charge in [-0.15, -0.1) is 0 Å². The second-order valence-electron chi connectivity index (χ2n) is 8.17. The first-order valence-electron chi connectivity index (χ1n) is 10.9. The van der Waals surface area contributed by atoms with E-state index in [0.29, 0.717) is 44.2 Å². The smallest absolute Gasteiger partial charge is 0.243 e. The van der Waals surface area contributed by atoms with Crippen molar-refractivity contribution in [1.29, 1.82) is 0 Å². The molecule has 8 heteroatoms. The minimum Gasteiger partial charge on any atom is -0.490 e. The van der Waals surface area contributed by atoms with Crippen molar-refractivity contribution in [2.45, 2.75) is 43.0 Å². The van der Waals surface area contributed by atoms with Gasteiger partial charge in [-0.1, -0.05) is 6.07 Å². The number of carbonyl (C=O) groups is 1. The van der Waals surface area contributed by atoms with Crippen LogP contribution in [0.3, 0.4) is 0 Å². The third-order valence-corrected chi connectivity index (χ3v) is 8.11. The zero-order chi connectivity index (χ0) is 21.4. The summed E-state index contributed by atoms with van der Waals surface area (Å²) in [5.41, 5.74) is 1.67. The monoisotopic (exact) mass is 442 g/mol. The van der Waals surface area contributed by atoms with Gasteiger partial charge in [-0.3, -0.25) is 4.79 Å². The molecule has 1 amide bonds. The molecule has 5 rings (SSSR count). The summed E-state index contributed by atoms with van der Waals surface area (Å²) in [6.07, 6.45) is 3.78. The van der Waals surface area contributed by atoms with E-state index in [-0.39, 0.29) is 16.8 Å². The maximum absolute atomic E-state index is 13.4. The van der Waals surface area contributed by atoms with Crippen molar-refractivity contribution < 1.29 is 22.7 Å². The van der Waals surface area contributed by atoms with Gasteiger partial charge < -0.3 is 14.4 Å². The molecular formula is C23H26N2O5S. The number of sulfonamides is 1. The van der Waals surface area contributed by atoms with Gasteiger partial charge in [-0.2, -0.15) is 4.31 Å². The molecule has 3 aliphatic heterocycles.